The number of hydrogen-bond acceptors (Lipinski definition) is 3. The number of nitrogens with zero attached hydrogens (tertiary/aromatic N) is 2. The van der Waals surface area contributed by atoms with Gasteiger partial charge in [-0.1, -0.05) is 24.4 Å². The fraction of sp³-hybridized carbons (Fsp3) is 0.625. The van der Waals surface area contributed by atoms with Crippen LogP contribution in [-0.2, 0) is 0 Å². The van der Waals surface area contributed by atoms with E-state index in [2.05, 4.69) is 21.9 Å². The van der Waals surface area contributed by atoms with Crippen LogP contribution in [-0.4, -0.2) is 43.2 Å². The number of anilines is 1. The van der Waals surface area contributed by atoms with E-state index in [1.165, 1.54) is 31.4 Å². The molecular weight excluding hydrogens is 270 g/mol. The molecule has 110 valence electrons. The molecule has 3 rings (SSSR count). The van der Waals surface area contributed by atoms with E-state index in [1.807, 2.05) is 12.1 Å². The zero-order chi connectivity index (χ0) is 13.9. The van der Waals surface area contributed by atoms with E-state index in [1.54, 1.807) is 0 Å². The Hall–Kier alpha value is -0.770. The minimum atomic E-state index is 0.380. The first-order chi connectivity index (χ1) is 9.74. The van der Waals surface area contributed by atoms with Gasteiger partial charge in [0.2, 0.25) is 0 Å². The molecule has 1 aromatic rings. The fourth-order valence-electron chi connectivity index (χ4n) is 3.56. The van der Waals surface area contributed by atoms with E-state index in [-0.39, 0.29) is 0 Å². The van der Waals surface area contributed by atoms with Gasteiger partial charge in [-0.3, -0.25) is 4.90 Å². The van der Waals surface area contributed by atoms with Crippen LogP contribution >= 0.6 is 11.6 Å². The molecule has 0 radical (unpaired) electrons. The molecule has 0 amide bonds. The summed E-state index contributed by atoms with van der Waals surface area (Å²) in [6.45, 7) is 4.43. The third kappa shape index (κ3) is 3.11. The van der Waals surface area contributed by atoms with Crippen molar-refractivity contribution in [3.05, 3.63) is 29.3 Å². The molecule has 2 unspecified atom stereocenters. The average Bonchev–Trinajstić information content (AvgIpc) is 2.49. The highest BCUT2D eigenvalue weighted by Gasteiger charge is 2.29. The molecule has 3 nitrogen and oxygen atoms in total. The van der Waals surface area contributed by atoms with Crippen LogP contribution in [0.3, 0.4) is 0 Å². The average molecular weight is 294 g/mol. The fourth-order valence-corrected chi connectivity index (χ4v) is 3.68. The number of hydrogen-bond donors (Lipinski definition) is 1. The molecule has 0 bridgehead atoms. The van der Waals surface area contributed by atoms with Gasteiger partial charge in [-0.25, -0.2) is 0 Å². The molecule has 1 heterocycles. The van der Waals surface area contributed by atoms with E-state index in [0.717, 1.165) is 31.2 Å². The van der Waals surface area contributed by atoms with Crippen molar-refractivity contribution in [1.82, 2.24) is 4.90 Å². The summed E-state index contributed by atoms with van der Waals surface area (Å²) in [5, 5.41) is 0.806. The Morgan fingerprint density at radius 1 is 0.950 bits per heavy atom. The predicted molar refractivity (Wildman–Crippen MR) is 85.5 cm³/mol. The Morgan fingerprint density at radius 3 is 2.25 bits per heavy atom. The van der Waals surface area contributed by atoms with Gasteiger partial charge in [0, 0.05) is 49.0 Å². The maximum absolute atomic E-state index is 6.30. The Balaban J connectivity index is 1.57. The molecule has 2 atom stereocenters. The van der Waals surface area contributed by atoms with Gasteiger partial charge >= 0.3 is 0 Å². The smallest absolute Gasteiger partial charge is 0.0407 e. The van der Waals surface area contributed by atoms with Gasteiger partial charge in [0.05, 0.1) is 0 Å². The van der Waals surface area contributed by atoms with Crippen molar-refractivity contribution in [2.75, 3.05) is 31.1 Å². The van der Waals surface area contributed by atoms with E-state index in [0.29, 0.717) is 12.1 Å². The lowest BCUT2D eigenvalue weighted by Gasteiger charge is -2.43. The Labute approximate surface area is 126 Å². The van der Waals surface area contributed by atoms with Crippen LogP contribution in [0.25, 0.3) is 0 Å². The lowest BCUT2D eigenvalue weighted by Crippen LogP contribution is -2.56. The van der Waals surface area contributed by atoms with Gasteiger partial charge in [0.15, 0.2) is 0 Å². The minimum Gasteiger partial charge on any atom is -0.369 e. The van der Waals surface area contributed by atoms with Gasteiger partial charge in [-0.15, -0.1) is 0 Å². The zero-order valence-corrected chi connectivity index (χ0v) is 12.7. The first-order valence-electron chi connectivity index (χ1n) is 7.74. The molecular formula is C16H24ClN3. The van der Waals surface area contributed by atoms with Crippen LogP contribution < -0.4 is 10.6 Å². The first-order valence-corrected chi connectivity index (χ1v) is 8.12. The molecule has 1 aromatic carbocycles. The number of rotatable bonds is 2. The Kier molecular flexibility index (Phi) is 4.49. The van der Waals surface area contributed by atoms with E-state index < -0.39 is 0 Å². The van der Waals surface area contributed by atoms with Gasteiger partial charge in [-0.05, 0) is 37.1 Å². The SMILES string of the molecule is NC1CCCCC1N1CCN(c2ccc(Cl)cc2)CC1. The lowest BCUT2D eigenvalue weighted by atomic mass is 9.89. The predicted octanol–water partition coefficient (Wildman–Crippen LogP) is 2.73. The number of benzene rings is 1. The summed E-state index contributed by atoms with van der Waals surface area (Å²) in [6, 6.07) is 9.16. The van der Waals surface area contributed by atoms with E-state index >= 15 is 0 Å². The maximum Gasteiger partial charge on any atom is 0.0407 e. The number of nitrogens with two attached hydrogens (primary N) is 1. The summed E-state index contributed by atoms with van der Waals surface area (Å²) in [6.07, 6.45) is 5.13. The van der Waals surface area contributed by atoms with Gasteiger partial charge in [0.25, 0.3) is 0 Å². The van der Waals surface area contributed by atoms with Crippen molar-refractivity contribution < 1.29 is 0 Å². The maximum atomic E-state index is 6.30. The lowest BCUT2D eigenvalue weighted by molar-refractivity contribution is 0.130. The molecule has 2 fully saturated rings. The second-order valence-electron chi connectivity index (χ2n) is 6.02. The Bertz CT molecular complexity index is 426. The molecule has 0 aromatic heterocycles. The van der Waals surface area contributed by atoms with Crippen molar-refractivity contribution in [3.8, 4) is 0 Å². The summed E-state index contributed by atoms with van der Waals surface area (Å²) in [5.41, 5.74) is 7.58. The molecule has 4 heteroatoms. The third-order valence-corrected chi connectivity index (χ3v) is 5.01. The van der Waals surface area contributed by atoms with Crippen molar-refractivity contribution >= 4 is 17.3 Å². The standard InChI is InChI=1S/C16H24ClN3/c17-13-5-7-14(8-6-13)19-9-11-20(12-10-19)16-4-2-1-3-15(16)18/h5-8,15-16H,1-4,9-12,18H2. The highest BCUT2D eigenvalue weighted by Crippen LogP contribution is 2.25. The highest BCUT2D eigenvalue weighted by atomic mass is 35.5. The molecule has 1 saturated heterocycles. The monoisotopic (exact) mass is 293 g/mol. The van der Waals surface area contributed by atoms with Crippen molar-refractivity contribution in [2.45, 2.75) is 37.8 Å². The van der Waals surface area contributed by atoms with Crippen LogP contribution in [0.5, 0.6) is 0 Å². The van der Waals surface area contributed by atoms with Crippen molar-refractivity contribution in [2.24, 2.45) is 5.73 Å². The van der Waals surface area contributed by atoms with Crippen molar-refractivity contribution in [1.29, 1.82) is 0 Å². The summed E-state index contributed by atoms with van der Waals surface area (Å²) in [7, 11) is 0. The molecule has 20 heavy (non-hydrogen) atoms. The van der Waals surface area contributed by atoms with Gasteiger partial charge in [0.1, 0.15) is 0 Å². The summed E-state index contributed by atoms with van der Waals surface area (Å²) in [4.78, 5) is 5.05. The van der Waals surface area contributed by atoms with Crippen LogP contribution in [0.4, 0.5) is 5.69 Å². The van der Waals surface area contributed by atoms with Crippen LogP contribution in [0, 0.1) is 0 Å². The number of halogens is 1. The van der Waals surface area contributed by atoms with Gasteiger partial charge in [-0.2, -0.15) is 0 Å². The summed E-state index contributed by atoms with van der Waals surface area (Å²) in [5.74, 6) is 0. The zero-order valence-electron chi connectivity index (χ0n) is 12.0. The second kappa shape index (κ2) is 6.33. The van der Waals surface area contributed by atoms with E-state index in [4.69, 9.17) is 17.3 Å². The quantitative estimate of drug-likeness (QED) is 0.910. The van der Waals surface area contributed by atoms with Crippen LogP contribution in [0.15, 0.2) is 24.3 Å². The largest absolute Gasteiger partial charge is 0.369 e. The van der Waals surface area contributed by atoms with Crippen LogP contribution in [0.1, 0.15) is 25.7 Å². The molecule has 0 spiro atoms. The highest BCUT2D eigenvalue weighted by molar-refractivity contribution is 6.30. The van der Waals surface area contributed by atoms with Crippen LogP contribution in [0.2, 0.25) is 5.02 Å². The second-order valence-corrected chi connectivity index (χ2v) is 6.45. The molecule has 1 saturated carbocycles. The van der Waals surface area contributed by atoms with Gasteiger partial charge < -0.3 is 10.6 Å². The molecule has 1 aliphatic heterocycles. The third-order valence-electron chi connectivity index (χ3n) is 4.76. The molecule has 1 aliphatic carbocycles. The topological polar surface area (TPSA) is 32.5 Å². The summed E-state index contributed by atoms with van der Waals surface area (Å²) >= 11 is 5.95. The first kappa shape index (κ1) is 14.2. The summed E-state index contributed by atoms with van der Waals surface area (Å²) < 4.78 is 0. The minimum absolute atomic E-state index is 0.380. The molecule has 2 N–H and O–H groups in total. The van der Waals surface area contributed by atoms with Crippen molar-refractivity contribution in [3.63, 3.8) is 0 Å². The number of piperazine rings is 1. The molecule has 2 aliphatic rings. The van der Waals surface area contributed by atoms with E-state index in [9.17, 15) is 0 Å². The Morgan fingerprint density at radius 2 is 1.60 bits per heavy atom. The normalized spacial score (nSPS) is 28.6.